The minimum absolute atomic E-state index is 0.250. The lowest BCUT2D eigenvalue weighted by Gasteiger charge is -2.26. The van der Waals surface area contributed by atoms with Gasteiger partial charge in [-0.3, -0.25) is 4.98 Å². The van der Waals surface area contributed by atoms with E-state index in [-0.39, 0.29) is 6.79 Å². The summed E-state index contributed by atoms with van der Waals surface area (Å²) in [6.07, 6.45) is 3.54. The molecule has 1 aliphatic heterocycles. The van der Waals surface area contributed by atoms with Gasteiger partial charge in [-0.2, -0.15) is 0 Å². The van der Waals surface area contributed by atoms with E-state index in [2.05, 4.69) is 10.3 Å². The molecule has 0 radical (unpaired) electrons. The van der Waals surface area contributed by atoms with E-state index in [4.69, 9.17) is 26.4 Å². The Balaban J connectivity index is 1.82. The van der Waals surface area contributed by atoms with Crippen molar-refractivity contribution in [1.82, 2.24) is 10.3 Å². The predicted octanol–water partition coefficient (Wildman–Crippen LogP) is 2.34. The molecule has 2 aromatic rings. The zero-order valence-electron chi connectivity index (χ0n) is 13.4. The first-order valence-corrected chi connectivity index (χ1v) is 8.01. The Kier molecular flexibility index (Phi) is 5.45. The van der Waals surface area contributed by atoms with Crippen molar-refractivity contribution in [2.24, 2.45) is 0 Å². The largest absolute Gasteiger partial charge is 0.454 e. The van der Waals surface area contributed by atoms with Crippen LogP contribution in [0.4, 0.5) is 5.69 Å². The molecule has 0 atom stereocenters. The Labute approximate surface area is 146 Å². The summed E-state index contributed by atoms with van der Waals surface area (Å²) in [7, 11) is 1.66. The number of anilines is 1. The maximum atomic E-state index is 5.57. The lowest BCUT2D eigenvalue weighted by molar-refractivity contribution is 0.174. The van der Waals surface area contributed by atoms with Crippen LogP contribution in [0.25, 0.3) is 0 Å². The number of rotatable bonds is 6. The number of pyridine rings is 1. The molecule has 7 heteroatoms. The number of nitrogens with zero attached hydrogens (tertiary/aromatic N) is 2. The molecule has 1 aliphatic rings. The molecule has 0 unspecified atom stereocenters. The number of benzene rings is 1. The fourth-order valence-electron chi connectivity index (χ4n) is 2.36. The molecule has 0 saturated heterocycles. The molecule has 1 N–H and O–H groups in total. The van der Waals surface area contributed by atoms with Gasteiger partial charge < -0.3 is 24.4 Å². The third-order valence-corrected chi connectivity index (χ3v) is 3.95. The second-order valence-corrected chi connectivity index (χ2v) is 5.59. The normalized spacial score (nSPS) is 12.0. The van der Waals surface area contributed by atoms with Crippen molar-refractivity contribution in [3.63, 3.8) is 0 Å². The summed E-state index contributed by atoms with van der Waals surface area (Å²) in [5, 5.41) is 3.84. The van der Waals surface area contributed by atoms with Gasteiger partial charge in [0.15, 0.2) is 16.6 Å². The van der Waals surface area contributed by atoms with E-state index in [1.54, 1.807) is 19.5 Å². The molecule has 3 rings (SSSR count). The van der Waals surface area contributed by atoms with E-state index in [1.807, 2.05) is 35.2 Å². The van der Waals surface area contributed by atoms with Crippen molar-refractivity contribution < 1.29 is 14.2 Å². The number of thiocarbonyl (C=S) groups is 1. The van der Waals surface area contributed by atoms with Crippen LogP contribution in [-0.2, 0) is 11.3 Å². The number of hydrogen-bond donors (Lipinski definition) is 1. The van der Waals surface area contributed by atoms with Crippen molar-refractivity contribution in [1.29, 1.82) is 0 Å². The van der Waals surface area contributed by atoms with Gasteiger partial charge in [-0.05, 0) is 42.0 Å². The Hall–Kier alpha value is -2.38. The molecule has 24 heavy (non-hydrogen) atoms. The maximum absolute atomic E-state index is 5.57. The summed E-state index contributed by atoms with van der Waals surface area (Å²) in [6.45, 7) is 2.11. The van der Waals surface area contributed by atoms with Gasteiger partial charge in [0, 0.05) is 37.8 Å². The molecule has 0 aliphatic carbocycles. The topological polar surface area (TPSA) is 55.9 Å². The minimum Gasteiger partial charge on any atom is -0.454 e. The van der Waals surface area contributed by atoms with Gasteiger partial charge >= 0.3 is 0 Å². The summed E-state index contributed by atoms with van der Waals surface area (Å²) in [5.41, 5.74) is 2.05. The first kappa shape index (κ1) is 16.5. The van der Waals surface area contributed by atoms with Crippen LogP contribution >= 0.6 is 12.2 Å². The summed E-state index contributed by atoms with van der Waals surface area (Å²) in [6, 6.07) is 9.75. The van der Waals surface area contributed by atoms with E-state index < -0.39 is 0 Å². The van der Waals surface area contributed by atoms with E-state index in [0.717, 1.165) is 22.7 Å². The van der Waals surface area contributed by atoms with E-state index in [1.165, 1.54) is 0 Å². The fraction of sp³-hybridized carbons (Fsp3) is 0.294. The Morgan fingerprint density at radius 3 is 2.83 bits per heavy atom. The standard InChI is InChI=1S/C17H19N3O3S/c1-21-9-8-19-17(24)20(11-13-4-6-18-7-5-13)14-2-3-15-16(10-14)23-12-22-15/h2-7,10H,8-9,11-12H2,1H3,(H,19,24). The average Bonchev–Trinajstić information content (AvgIpc) is 3.08. The number of ether oxygens (including phenoxy) is 3. The smallest absolute Gasteiger partial charge is 0.231 e. The van der Waals surface area contributed by atoms with Crippen LogP contribution < -0.4 is 19.7 Å². The van der Waals surface area contributed by atoms with Crippen molar-refractivity contribution >= 4 is 23.0 Å². The molecule has 0 saturated carbocycles. The summed E-state index contributed by atoms with van der Waals surface area (Å²) in [5.74, 6) is 1.48. The molecule has 0 spiro atoms. The van der Waals surface area contributed by atoms with Crippen molar-refractivity contribution in [3.8, 4) is 11.5 Å². The fourth-order valence-corrected chi connectivity index (χ4v) is 2.63. The summed E-state index contributed by atoms with van der Waals surface area (Å²) >= 11 is 5.57. The molecule has 1 aromatic carbocycles. The molecule has 0 bridgehead atoms. The monoisotopic (exact) mass is 345 g/mol. The highest BCUT2D eigenvalue weighted by Crippen LogP contribution is 2.35. The lowest BCUT2D eigenvalue weighted by atomic mass is 10.2. The van der Waals surface area contributed by atoms with E-state index in [9.17, 15) is 0 Å². The Morgan fingerprint density at radius 2 is 2.04 bits per heavy atom. The minimum atomic E-state index is 0.250. The highest BCUT2D eigenvalue weighted by atomic mass is 32.1. The van der Waals surface area contributed by atoms with Gasteiger partial charge in [0.25, 0.3) is 0 Å². The molecule has 0 amide bonds. The Bertz CT molecular complexity index is 697. The maximum Gasteiger partial charge on any atom is 0.231 e. The molecule has 6 nitrogen and oxygen atoms in total. The average molecular weight is 345 g/mol. The second-order valence-electron chi connectivity index (χ2n) is 5.20. The van der Waals surface area contributed by atoms with Crippen molar-refractivity contribution in [2.45, 2.75) is 6.54 Å². The first-order valence-electron chi connectivity index (χ1n) is 7.61. The van der Waals surface area contributed by atoms with Crippen molar-refractivity contribution in [3.05, 3.63) is 48.3 Å². The van der Waals surface area contributed by atoms with Gasteiger partial charge in [-0.1, -0.05) is 0 Å². The van der Waals surface area contributed by atoms with Crippen LogP contribution in [0.3, 0.4) is 0 Å². The van der Waals surface area contributed by atoms with Gasteiger partial charge in [-0.15, -0.1) is 0 Å². The van der Waals surface area contributed by atoms with Crippen LogP contribution in [0.15, 0.2) is 42.7 Å². The number of fused-ring (bicyclic) bond motifs is 1. The molecule has 1 aromatic heterocycles. The SMILES string of the molecule is COCCNC(=S)N(Cc1ccncc1)c1ccc2c(c1)OCO2. The molecule has 126 valence electrons. The van der Waals surface area contributed by atoms with Gasteiger partial charge in [-0.25, -0.2) is 0 Å². The van der Waals surface area contributed by atoms with E-state index in [0.29, 0.717) is 24.8 Å². The van der Waals surface area contributed by atoms with Gasteiger partial charge in [0.1, 0.15) is 0 Å². The highest BCUT2D eigenvalue weighted by Gasteiger charge is 2.18. The van der Waals surface area contributed by atoms with Gasteiger partial charge in [0.05, 0.1) is 13.2 Å². The van der Waals surface area contributed by atoms with Crippen molar-refractivity contribution in [2.75, 3.05) is 32.0 Å². The highest BCUT2D eigenvalue weighted by molar-refractivity contribution is 7.80. The predicted molar refractivity (Wildman–Crippen MR) is 95.5 cm³/mol. The van der Waals surface area contributed by atoms with Crippen LogP contribution in [0.1, 0.15) is 5.56 Å². The van der Waals surface area contributed by atoms with Crippen LogP contribution in [0.5, 0.6) is 11.5 Å². The number of methoxy groups -OCH3 is 1. The third kappa shape index (κ3) is 3.93. The third-order valence-electron chi connectivity index (χ3n) is 3.59. The number of nitrogens with one attached hydrogen (secondary N) is 1. The molecule has 0 fully saturated rings. The molecular formula is C17H19N3O3S. The second kappa shape index (κ2) is 7.94. The zero-order chi connectivity index (χ0) is 16.8. The molecule has 2 heterocycles. The van der Waals surface area contributed by atoms with Crippen LogP contribution in [0.2, 0.25) is 0 Å². The zero-order valence-corrected chi connectivity index (χ0v) is 14.2. The van der Waals surface area contributed by atoms with Gasteiger partial charge in [0.2, 0.25) is 6.79 Å². The number of hydrogen-bond acceptors (Lipinski definition) is 5. The quantitative estimate of drug-likeness (QED) is 0.637. The number of aromatic nitrogens is 1. The molecular weight excluding hydrogens is 326 g/mol. The van der Waals surface area contributed by atoms with Crippen LogP contribution in [-0.4, -0.2) is 37.2 Å². The van der Waals surface area contributed by atoms with Crippen LogP contribution in [0, 0.1) is 0 Å². The van der Waals surface area contributed by atoms with E-state index >= 15 is 0 Å². The Morgan fingerprint density at radius 1 is 1.25 bits per heavy atom. The lowest BCUT2D eigenvalue weighted by Crippen LogP contribution is -2.40. The summed E-state index contributed by atoms with van der Waals surface area (Å²) < 4.78 is 15.9. The summed E-state index contributed by atoms with van der Waals surface area (Å²) in [4.78, 5) is 6.07. The first-order chi connectivity index (χ1) is 11.8.